The number of halogens is 1. The molecule has 1 aromatic heterocycles. The molecule has 1 amide bonds. The standard InChI is InChI=1S/C13H17ClN4O4/c1-13(2)7-17(12(19)20)4-3-10(13)16-11-9(18(21)22)5-8(14)6-15-11/h5-6,10H,3-4,7H2,1-2H3,(H,15,16)(H,19,20). The first-order chi connectivity index (χ1) is 10.2. The zero-order valence-corrected chi connectivity index (χ0v) is 13.0. The molecule has 1 aliphatic heterocycles. The molecule has 0 bridgehead atoms. The van der Waals surface area contributed by atoms with Gasteiger partial charge in [0.15, 0.2) is 0 Å². The maximum absolute atomic E-state index is 11.1. The molecule has 2 heterocycles. The van der Waals surface area contributed by atoms with Gasteiger partial charge in [-0.15, -0.1) is 0 Å². The molecule has 2 rings (SSSR count). The van der Waals surface area contributed by atoms with Gasteiger partial charge in [0, 0.05) is 36.8 Å². The molecule has 1 saturated heterocycles. The molecule has 1 unspecified atom stereocenters. The number of carboxylic acid groups (broad SMARTS) is 1. The van der Waals surface area contributed by atoms with Gasteiger partial charge < -0.3 is 15.3 Å². The molecular formula is C13H17ClN4O4. The van der Waals surface area contributed by atoms with Crippen LogP contribution in [0.4, 0.5) is 16.3 Å². The summed E-state index contributed by atoms with van der Waals surface area (Å²) in [5.41, 5.74) is -0.574. The molecule has 0 saturated carbocycles. The zero-order valence-electron chi connectivity index (χ0n) is 12.2. The molecule has 1 atom stereocenters. The molecule has 1 aliphatic rings. The van der Waals surface area contributed by atoms with Crippen molar-refractivity contribution in [3.05, 3.63) is 27.4 Å². The lowest BCUT2D eigenvalue weighted by Crippen LogP contribution is -2.53. The minimum absolute atomic E-state index is 0.129. The van der Waals surface area contributed by atoms with Crippen LogP contribution in [0.2, 0.25) is 5.02 Å². The molecule has 0 radical (unpaired) electrons. The normalized spacial score (nSPS) is 20.5. The van der Waals surface area contributed by atoms with Crippen molar-refractivity contribution in [3.8, 4) is 0 Å². The SMILES string of the molecule is CC1(C)CN(C(=O)O)CCC1Nc1ncc(Cl)cc1[N+](=O)[O-]. The Hall–Kier alpha value is -2.09. The molecule has 0 aliphatic carbocycles. The summed E-state index contributed by atoms with van der Waals surface area (Å²) in [6, 6.07) is 1.12. The number of rotatable bonds is 3. The summed E-state index contributed by atoms with van der Waals surface area (Å²) in [7, 11) is 0. The summed E-state index contributed by atoms with van der Waals surface area (Å²) in [4.78, 5) is 27.0. The van der Waals surface area contributed by atoms with Crippen LogP contribution in [0.25, 0.3) is 0 Å². The van der Waals surface area contributed by atoms with E-state index in [9.17, 15) is 14.9 Å². The number of hydrogen-bond acceptors (Lipinski definition) is 5. The molecular weight excluding hydrogens is 312 g/mol. The van der Waals surface area contributed by atoms with Crippen molar-refractivity contribution in [2.45, 2.75) is 26.3 Å². The van der Waals surface area contributed by atoms with Gasteiger partial charge in [0.1, 0.15) is 0 Å². The molecule has 1 fully saturated rings. The Bertz CT molecular complexity index is 608. The van der Waals surface area contributed by atoms with Gasteiger partial charge in [-0.1, -0.05) is 25.4 Å². The van der Waals surface area contributed by atoms with E-state index in [2.05, 4.69) is 10.3 Å². The van der Waals surface area contributed by atoms with E-state index in [1.54, 1.807) is 0 Å². The van der Waals surface area contributed by atoms with Crippen LogP contribution in [0, 0.1) is 15.5 Å². The van der Waals surface area contributed by atoms with E-state index in [-0.39, 0.29) is 28.0 Å². The van der Waals surface area contributed by atoms with Crippen LogP contribution in [-0.2, 0) is 0 Å². The van der Waals surface area contributed by atoms with Crippen LogP contribution in [0.5, 0.6) is 0 Å². The lowest BCUT2D eigenvalue weighted by Gasteiger charge is -2.43. The third kappa shape index (κ3) is 3.38. The highest BCUT2D eigenvalue weighted by Crippen LogP contribution is 2.34. The highest BCUT2D eigenvalue weighted by Gasteiger charge is 2.38. The smallest absolute Gasteiger partial charge is 0.407 e. The number of pyridine rings is 1. The number of anilines is 1. The number of amides is 1. The van der Waals surface area contributed by atoms with Crippen molar-refractivity contribution >= 4 is 29.2 Å². The number of nitrogens with one attached hydrogen (secondary N) is 1. The largest absolute Gasteiger partial charge is 0.465 e. The Labute approximate surface area is 132 Å². The second-order valence-corrected chi connectivity index (χ2v) is 6.39. The number of nitrogens with zero attached hydrogens (tertiary/aromatic N) is 3. The number of hydrogen-bond donors (Lipinski definition) is 2. The van der Waals surface area contributed by atoms with Crippen molar-refractivity contribution in [3.63, 3.8) is 0 Å². The third-order valence-corrected chi connectivity index (χ3v) is 4.05. The first-order valence-electron chi connectivity index (χ1n) is 6.75. The number of likely N-dealkylation sites (tertiary alicyclic amines) is 1. The van der Waals surface area contributed by atoms with Gasteiger partial charge in [0.25, 0.3) is 0 Å². The topological polar surface area (TPSA) is 109 Å². The van der Waals surface area contributed by atoms with E-state index in [1.165, 1.54) is 17.2 Å². The van der Waals surface area contributed by atoms with Gasteiger partial charge in [0.05, 0.1) is 9.95 Å². The van der Waals surface area contributed by atoms with Gasteiger partial charge in [-0.25, -0.2) is 9.78 Å². The second kappa shape index (κ2) is 5.96. The first kappa shape index (κ1) is 16.3. The maximum atomic E-state index is 11.1. The lowest BCUT2D eigenvalue weighted by atomic mass is 9.79. The maximum Gasteiger partial charge on any atom is 0.407 e. The predicted octanol–water partition coefficient (Wildman–Crippen LogP) is 2.83. The van der Waals surface area contributed by atoms with E-state index in [1.807, 2.05) is 13.8 Å². The van der Waals surface area contributed by atoms with E-state index in [0.29, 0.717) is 19.5 Å². The van der Waals surface area contributed by atoms with Crippen molar-refractivity contribution in [2.75, 3.05) is 18.4 Å². The van der Waals surface area contributed by atoms with Crippen molar-refractivity contribution in [1.82, 2.24) is 9.88 Å². The minimum Gasteiger partial charge on any atom is -0.465 e. The minimum atomic E-state index is -0.956. The third-order valence-electron chi connectivity index (χ3n) is 3.84. The van der Waals surface area contributed by atoms with E-state index < -0.39 is 11.0 Å². The number of piperidine rings is 1. The molecule has 8 nitrogen and oxygen atoms in total. The number of nitro groups is 1. The fourth-order valence-corrected chi connectivity index (χ4v) is 2.78. The van der Waals surface area contributed by atoms with E-state index in [0.717, 1.165) is 0 Å². The molecule has 0 spiro atoms. The van der Waals surface area contributed by atoms with Crippen LogP contribution in [-0.4, -0.2) is 45.1 Å². The lowest BCUT2D eigenvalue weighted by molar-refractivity contribution is -0.384. The first-order valence-corrected chi connectivity index (χ1v) is 7.13. The molecule has 120 valence electrons. The van der Waals surface area contributed by atoms with Crippen LogP contribution in [0.15, 0.2) is 12.3 Å². The molecule has 0 aromatic carbocycles. The van der Waals surface area contributed by atoms with E-state index >= 15 is 0 Å². The Balaban J connectivity index is 2.21. The van der Waals surface area contributed by atoms with Gasteiger partial charge in [0.2, 0.25) is 5.82 Å². The van der Waals surface area contributed by atoms with Gasteiger partial charge in [-0.3, -0.25) is 10.1 Å². The fourth-order valence-electron chi connectivity index (χ4n) is 2.63. The summed E-state index contributed by atoms with van der Waals surface area (Å²) < 4.78 is 0. The van der Waals surface area contributed by atoms with Crippen molar-refractivity contribution in [2.24, 2.45) is 5.41 Å². The zero-order chi connectivity index (χ0) is 16.5. The number of aromatic nitrogens is 1. The van der Waals surface area contributed by atoms with Crippen molar-refractivity contribution < 1.29 is 14.8 Å². The van der Waals surface area contributed by atoms with Gasteiger partial charge >= 0.3 is 11.8 Å². The second-order valence-electron chi connectivity index (χ2n) is 5.96. The van der Waals surface area contributed by atoms with Crippen molar-refractivity contribution in [1.29, 1.82) is 0 Å². The summed E-state index contributed by atoms with van der Waals surface area (Å²) in [5, 5.41) is 23.5. The fraction of sp³-hybridized carbons (Fsp3) is 0.538. The average Bonchev–Trinajstić information content (AvgIpc) is 2.41. The van der Waals surface area contributed by atoms with Gasteiger partial charge in [-0.05, 0) is 6.42 Å². The van der Waals surface area contributed by atoms with E-state index in [4.69, 9.17) is 16.7 Å². The summed E-state index contributed by atoms with van der Waals surface area (Å²) in [5.74, 6) is 0.149. The highest BCUT2D eigenvalue weighted by molar-refractivity contribution is 6.30. The summed E-state index contributed by atoms with van der Waals surface area (Å²) in [6.07, 6.45) is 0.930. The Morgan fingerprint density at radius 2 is 2.32 bits per heavy atom. The molecule has 9 heteroatoms. The van der Waals surface area contributed by atoms with Crippen LogP contribution >= 0.6 is 11.6 Å². The molecule has 2 N–H and O–H groups in total. The van der Waals surface area contributed by atoms with Gasteiger partial charge in [-0.2, -0.15) is 0 Å². The number of carbonyl (C=O) groups is 1. The van der Waals surface area contributed by atoms with Crippen LogP contribution < -0.4 is 5.32 Å². The van der Waals surface area contributed by atoms with Crippen LogP contribution in [0.3, 0.4) is 0 Å². The monoisotopic (exact) mass is 328 g/mol. The predicted molar refractivity (Wildman–Crippen MR) is 81.3 cm³/mol. The molecule has 1 aromatic rings. The van der Waals surface area contributed by atoms with Crippen LogP contribution in [0.1, 0.15) is 20.3 Å². The quantitative estimate of drug-likeness (QED) is 0.652. The Morgan fingerprint density at radius 3 is 2.86 bits per heavy atom. The molecule has 22 heavy (non-hydrogen) atoms. The summed E-state index contributed by atoms with van der Waals surface area (Å²) >= 11 is 5.75. The Morgan fingerprint density at radius 1 is 1.64 bits per heavy atom. The average molecular weight is 329 g/mol. The summed E-state index contributed by atoms with van der Waals surface area (Å²) in [6.45, 7) is 4.56. The highest BCUT2D eigenvalue weighted by atomic mass is 35.5. The Kier molecular flexibility index (Phi) is 4.41.